The summed E-state index contributed by atoms with van der Waals surface area (Å²) >= 11 is 3.39. The van der Waals surface area contributed by atoms with E-state index in [-0.39, 0.29) is 6.61 Å². The topological polar surface area (TPSA) is 36.4 Å². The zero-order chi connectivity index (χ0) is 12.3. The Morgan fingerprint density at radius 2 is 2.41 bits per heavy atom. The van der Waals surface area contributed by atoms with Crippen LogP contribution in [0.15, 0.2) is 16.7 Å². The van der Waals surface area contributed by atoms with Gasteiger partial charge in [0.2, 0.25) is 0 Å². The third-order valence-corrected chi connectivity index (χ3v) is 3.91. The highest BCUT2D eigenvalue weighted by molar-refractivity contribution is 9.10. The Bertz CT molecular complexity index is 384. The molecule has 1 aromatic rings. The average molecular weight is 299 g/mol. The molecule has 1 aromatic heterocycles. The summed E-state index contributed by atoms with van der Waals surface area (Å²) in [5.74, 6) is 1.72. The monoisotopic (exact) mass is 298 g/mol. The molecule has 1 N–H and O–H groups in total. The Kier molecular flexibility index (Phi) is 4.40. The van der Waals surface area contributed by atoms with Gasteiger partial charge in [0.15, 0.2) is 0 Å². The molecule has 0 bridgehead atoms. The minimum atomic E-state index is 0.0507. The molecule has 1 fully saturated rings. The van der Waals surface area contributed by atoms with Crippen LogP contribution in [0.3, 0.4) is 0 Å². The van der Waals surface area contributed by atoms with Gasteiger partial charge in [-0.15, -0.1) is 0 Å². The molecule has 0 aliphatic carbocycles. The molecule has 2 heterocycles. The molecule has 0 aromatic carbocycles. The third-order valence-electron chi connectivity index (χ3n) is 3.48. The molecule has 2 rings (SSSR count). The molecule has 94 valence electrons. The lowest BCUT2D eigenvalue weighted by molar-refractivity contribution is 0.281. The Morgan fingerprint density at radius 1 is 1.59 bits per heavy atom. The van der Waals surface area contributed by atoms with E-state index < -0.39 is 0 Å². The minimum Gasteiger partial charge on any atom is -0.392 e. The molecule has 4 heteroatoms. The van der Waals surface area contributed by atoms with Gasteiger partial charge in [0.1, 0.15) is 5.82 Å². The van der Waals surface area contributed by atoms with Crippen LogP contribution < -0.4 is 4.90 Å². The van der Waals surface area contributed by atoms with Crippen LogP contribution in [0.4, 0.5) is 5.82 Å². The number of pyridine rings is 1. The van der Waals surface area contributed by atoms with Gasteiger partial charge in [0.25, 0.3) is 0 Å². The largest absolute Gasteiger partial charge is 0.392 e. The van der Waals surface area contributed by atoms with E-state index in [1.54, 1.807) is 0 Å². The van der Waals surface area contributed by atoms with Crippen LogP contribution in [0.25, 0.3) is 0 Å². The zero-order valence-electron chi connectivity index (χ0n) is 10.2. The fourth-order valence-electron chi connectivity index (χ4n) is 2.47. The maximum atomic E-state index is 9.41. The molecule has 0 saturated carbocycles. The molecule has 0 amide bonds. The standard InChI is InChI=1S/C13H19BrN2O/c1-2-10-4-3-5-16(8-10)13-11(9-17)6-12(14)7-15-13/h6-7,10,17H,2-5,8-9H2,1H3/t10-/m0/s1. The number of aliphatic hydroxyl groups is 1. The molecule has 0 spiro atoms. The van der Waals surface area contributed by atoms with Crippen LogP contribution in [0, 0.1) is 5.92 Å². The summed E-state index contributed by atoms with van der Waals surface area (Å²) in [5.41, 5.74) is 0.913. The van der Waals surface area contributed by atoms with E-state index >= 15 is 0 Å². The first kappa shape index (κ1) is 12.8. The van der Waals surface area contributed by atoms with Gasteiger partial charge in [-0.1, -0.05) is 13.3 Å². The van der Waals surface area contributed by atoms with Crippen molar-refractivity contribution >= 4 is 21.7 Å². The lowest BCUT2D eigenvalue weighted by atomic mass is 9.95. The van der Waals surface area contributed by atoms with Gasteiger partial charge in [-0.3, -0.25) is 0 Å². The van der Waals surface area contributed by atoms with Gasteiger partial charge in [-0.05, 0) is 40.8 Å². The predicted octanol–water partition coefficient (Wildman–Crippen LogP) is 2.96. The molecule has 1 atom stereocenters. The van der Waals surface area contributed by atoms with Crippen molar-refractivity contribution in [2.45, 2.75) is 32.8 Å². The second-order valence-electron chi connectivity index (χ2n) is 4.66. The van der Waals surface area contributed by atoms with Crippen molar-refractivity contribution in [2.75, 3.05) is 18.0 Å². The highest BCUT2D eigenvalue weighted by atomic mass is 79.9. The number of hydrogen-bond donors (Lipinski definition) is 1. The van der Waals surface area contributed by atoms with Crippen molar-refractivity contribution in [1.29, 1.82) is 0 Å². The van der Waals surface area contributed by atoms with E-state index in [0.717, 1.165) is 34.9 Å². The van der Waals surface area contributed by atoms with Crippen LogP contribution in [0.1, 0.15) is 31.7 Å². The maximum absolute atomic E-state index is 9.41. The summed E-state index contributed by atoms with van der Waals surface area (Å²) in [6.07, 6.45) is 5.57. The van der Waals surface area contributed by atoms with Gasteiger partial charge >= 0.3 is 0 Å². The summed E-state index contributed by atoms with van der Waals surface area (Å²) in [5, 5.41) is 9.41. The van der Waals surface area contributed by atoms with Crippen molar-refractivity contribution in [2.24, 2.45) is 5.92 Å². The Balaban J connectivity index is 2.20. The van der Waals surface area contributed by atoms with Crippen molar-refractivity contribution in [3.05, 3.63) is 22.3 Å². The maximum Gasteiger partial charge on any atom is 0.134 e. The summed E-state index contributed by atoms with van der Waals surface area (Å²) < 4.78 is 0.925. The number of nitrogens with zero attached hydrogens (tertiary/aromatic N) is 2. The van der Waals surface area contributed by atoms with E-state index in [1.807, 2.05) is 12.3 Å². The summed E-state index contributed by atoms with van der Waals surface area (Å²) in [6, 6.07) is 1.96. The van der Waals surface area contributed by atoms with E-state index in [4.69, 9.17) is 0 Å². The van der Waals surface area contributed by atoms with E-state index in [1.165, 1.54) is 19.3 Å². The summed E-state index contributed by atoms with van der Waals surface area (Å²) in [6.45, 7) is 4.42. The average Bonchev–Trinajstić information content (AvgIpc) is 2.38. The lowest BCUT2D eigenvalue weighted by Crippen LogP contribution is -2.36. The Hall–Kier alpha value is -0.610. The fraction of sp³-hybridized carbons (Fsp3) is 0.615. The first-order valence-electron chi connectivity index (χ1n) is 6.24. The number of aliphatic hydroxyl groups excluding tert-OH is 1. The molecule has 0 unspecified atom stereocenters. The Labute approximate surface area is 111 Å². The van der Waals surface area contributed by atoms with Gasteiger partial charge in [-0.2, -0.15) is 0 Å². The van der Waals surface area contributed by atoms with Crippen LogP contribution in [0.5, 0.6) is 0 Å². The van der Waals surface area contributed by atoms with Gasteiger partial charge in [0.05, 0.1) is 6.61 Å². The van der Waals surface area contributed by atoms with E-state index in [2.05, 4.69) is 32.7 Å². The second-order valence-corrected chi connectivity index (χ2v) is 5.57. The molecule has 17 heavy (non-hydrogen) atoms. The third kappa shape index (κ3) is 2.99. The SMILES string of the molecule is CC[C@H]1CCCN(c2ncc(Br)cc2CO)C1. The van der Waals surface area contributed by atoms with Crippen LogP contribution in [-0.4, -0.2) is 23.2 Å². The fourth-order valence-corrected chi connectivity index (χ4v) is 2.84. The minimum absolute atomic E-state index is 0.0507. The predicted molar refractivity (Wildman–Crippen MR) is 73.1 cm³/mol. The number of aromatic nitrogens is 1. The molecular weight excluding hydrogens is 280 g/mol. The number of rotatable bonds is 3. The summed E-state index contributed by atoms with van der Waals surface area (Å²) in [7, 11) is 0. The zero-order valence-corrected chi connectivity index (χ0v) is 11.8. The van der Waals surface area contributed by atoms with Gasteiger partial charge in [0, 0.05) is 29.3 Å². The Morgan fingerprint density at radius 3 is 3.12 bits per heavy atom. The first-order valence-corrected chi connectivity index (χ1v) is 7.04. The van der Waals surface area contributed by atoms with Crippen LogP contribution in [0.2, 0.25) is 0 Å². The normalized spacial score (nSPS) is 20.6. The van der Waals surface area contributed by atoms with Crippen molar-refractivity contribution in [3.8, 4) is 0 Å². The lowest BCUT2D eigenvalue weighted by Gasteiger charge is -2.34. The van der Waals surface area contributed by atoms with Crippen molar-refractivity contribution < 1.29 is 5.11 Å². The molecule has 3 nitrogen and oxygen atoms in total. The van der Waals surface area contributed by atoms with Crippen LogP contribution in [-0.2, 0) is 6.61 Å². The molecule has 1 aliphatic rings. The second kappa shape index (κ2) is 5.83. The number of anilines is 1. The van der Waals surface area contributed by atoms with Crippen molar-refractivity contribution in [1.82, 2.24) is 4.98 Å². The van der Waals surface area contributed by atoms with E-state index in [0.29, 0.717) is 0 Å². The number of halogens is 1. The quantitative estimate of drug-likeness (QED) is 0.932. The summed E-state index contributed by atoms with van der Waals surface area (Å²) in [4.78, 5) is 6.78. The van der Waals surface area contributed by atoms with Gasteiger partial charge in [-0.25, -0.2) is 4.98 Å². The highest BCUT2D eigenvalue weighted by Crippen LogP contribution is 2.27. The van der Waals surface area contributed by atoms with E-state index in [9.17, 15) is 5.11 Å². The number of piperidine rings is 1. The molecule has 1 aliphatic heterocycles. The highest BCUT2D eigenvalue weighted by Gasteiger charge is 2.21. The molecular formula is C13H19BrN2O. The molecule has 0 radical (unpaired) electrons. The molecule has 1 saturated heterocycles. The smallest absolute Gasteiger partial charge is 0.134 e. The van der Waals surface area contributed by atoms with Crippen molar-refractivity contribution in [3.63, 3.8) is 0 Å². The van der Waals surface area contributed by atoms with Gasteiger partial charge < -0.3 is 10.0 Å². The number of hydrogen-bond acceptors (Lipinski definition) is 3. The first-order chi connectivity index (χ1) is 8.24. The van der Waals surface area contributed by atoms with Crippen LogP contribution >= 0.6 is 15.9 Å².